The normalized spacial score (nSPS) is 11.4. The van der Waals surface area contributed by atoms with Crippen molar-refractivity contribution in [1.29, 1.82) is 0 Å². The van der Waals surface area contributed by atoms with E-state index in [1.807, 2.05) is 6.92 Å². The summed E-state index contributed by atoms with van der Waals surface area (Å²) in [6.07, 6.45) is 0. The first-order valence-electron chi connectivity index (χ1n) is 6.07. The monoisotopic (exact) mass is 294 g/mol. The number of rotatable bonds is 3. The lowest BCUT2D eigenvalue weighted by molar-refractivity contribution is 0.482. The van der Waals surface area contributed by atoms with Crippen LogP contribution in [0.4, 0.5) is 4.39 Å². The highest BCUT2D eigenvalue weighted by molar-refractivity contribution is 7.87. The third-order valence-electron chi connectivity index (χ3n) is 2.86. The summed E-state index contributed by atoms with van der Waals surface area (Å²) < 4.78 is 42.7. The van der Waals surface area contributed by atoms with Crippen LogP contribution < -0.4 is 4.18 Å². The van der Waals surface area contributed by atoms with Gasteiger partial charge in [0.2, 0.25) is 0 Å². The Hall–Kier alpha value is -1.88. The van der Waals surface area contributed by atoms with Crippen LogP contribution in [0.15, 0.2) is 41.3 Å². The van der Waals surface area contributed by atoms with Crippen molar-refractivity contribution in [1.82, 2.24) is 0 Å². The van der Waals surface area contributed by atoms with Crippen LogP contribution >= 0.6 is 0 Å². The van der Waals surface area contributed by atoms with Crippen LogP contribution in [-0.4, -0.2) is 8.42 Å². The molecule has 0 unspecified atom stereocenters. The fraction of sp³-hybridized carbons (Fsp3) is 0.200. The molecule has 0 atom stereocenters. The Morgan fingerprint density at radius 2 is 1.60 bits per heavy atom. The second-order valence-corrected chi connectivity index (χ2v) is 6.21. The molecule has 2 aromatic rings. The van der Waals surface area contributed by atoms with Crippen molar-refractivity contribution in [2.24, 2.45) is 0 Å². The molecule has 0 saturated carbocycles. The molecule has 0 aromatic heterocycles. The van der Waals surface area contributed by atoms with Gasteiger partial charge in [-0.2, -0.15) is 8.42 Å². The first-order valence-corrected chi connectivity index (χ1v) is 7.48. The minimum Gasteiger partial charge on any atom is -0.379 e. The van der Waals surface area contributed by atoms with Crippen molar-refractivity contribution in [3.05, 3.63) is 58.9 Å². The van der Waals surface area contributed by atoms with E-state index in [9.17, 15) is 12.8 Å². The van der Waals surface area contributed by atoms with E-state index in [1.54, 1.807) is 26.0 Å². The van der Waals surface area contributed by atoms with Gasteiger partial charge in [-0.15, -0.1) is 0 Å². The van der Waals surface area contributed by atoms with Gasteiger partial charge < -0.3 is 4.18 Å². The van der Waals surface area contributed by atoms with Crippen LogP contribution in [0.25, 0.3) is 0 Å². The lowest BCUT2D eigenvalue weighted by Crippen LogP contribution is -2.13. The molecule has 0 bridgehead atoms. The topological polar surface area (TPSA) is 43.4 Å². The van der Waals surface area contributed by atoms with E-state index >= 15 is 0 Å². The van der Waals surface area contributed by atoms with Gasteiger partial charge in [0.1, 0.15) is 16.5 Å². The van der Waals surface area contributed by atoms with E-state index in [2.05, 4.69) is 0 Å². The maximum Gasteiger partial charge on any atom is 0.339 e. The number of hydrogen-bond acceptors (Lipinski definition) is 3. The van der Waals surface area contributed by atoms with Gasteiger partial charge in [0.25, 0.3) is 0 Å². The summed E-state index contributed by atoms with van der Waals surface area (Å²) in [6, 6.07) is 8.61. The molecule has 0 aliphatic heterocycles. The van der Waals surface area contributed by atoms with Crippen molar-refractivity contribution < 1.29 is 17.0 Å². The Labute approximate surface area is 118 Å². The first-order chi connectivity index (χ1) is 9.29. The van der Waals surface area contributed by atoms with Gasteiger partial charge in [0.05, 0.1) is 0 Å². The van der Waals surface area contributed by atoms with Gasteiger partial charge >= 0.3 is 10.1 Å². The molecular weight excluding hydrogens is 279 g/mol. The smallest absolute Gasteiger partial charge is 0.339 e. The molecular formula is C15H15FO3S. The SMILES string of the molecule is Cc1cc(C)c(S(=O)(=O)Oc2cccc(F)c2)c(C)c1. The zero-order valence-electron chi connectivity index (χ0n) is 11.5. The predicted molar refractivity (Wildman–Crippen MR) is 74.9 cm³/mol. The second-order valence-electron chi connectivity index (χ2n) is 4.72. The molecule has 3 nitrogen and oxygen atoms in total. The number of hydrogen-bond donors (Lipinski definition) is 0. The standard InChI is InChI=1S/C15H15FO3S/c1-10-7-11(2)15(12(3)8-10)20(17,18)19-14-6-4-5-13(16)9-14/h4-9H,1-3H3. The highest BCUT2D eigenvalue weighted by Crippen LogP contribution is 2.25. The lowest BCUT2D eigenvalue weighted by Gasteiger charge is -2.12. The summed E-state index contributed by atoms with van der Waals surface area (Å²) in [5.74, 6) is -0.584. The highest BCUT2D eigenvalue weighted by atomic mass is 32.2. The Balaban J connectivity index is 2.46. The van der Waals surface area contributed by atoms with Crippen molar-refractivity contribution >= 4 is 10.1 Å². The van der Waals surface area contributed by atoms with E-state index in [0.717, 1.165) is 11.6 Å². The molecule has 0 amide bonds. The molecule has 0 aliphatic carbocycles. The zero-order chi connectivity index (χ0) is 14.9. The molecule has 20 heavy (non-hydrogen) atoms. The van der Waals surface area contributed by atoms with Gasteiger partial charge in [-0.3, -0.25) is 0 Å². The second kappa shape index (κ2) is 5.25. The minimum absolute atomic E-state index is 0.0376. The predicted octanol–water partition coefficient (Wildman–Crippen LogP) is 3.52. The van der Waals surface area contributed by atoms with Gasteiger partial charge in [-0.05, 0) is 44.0 Å². The average Bonchev–Trinajstić information content (AvgIpc) is 2.25. The largest absolute Gasteiger partial charge is 0.379 e. The number of benzene rings is 2. The van der Waals surface area contributed by atoms with E-state index in [-0.39, 0.29) is 10.6 Å². The first kappa shape index (κ1) is 14.5. The van der Waals surface area contributed by atoms with Crippen molar-refractivity contribution in [3.8, 4) is 5.75 Å². The molecule has 0 heterocycles. The van der Waals surface area contributed by atoms with Crippen LogP contribution in [0.5, 0.6) is 5.75 Å². The van der Waals surface area contributed by atoms with Gasteiger partial charge in [0, 0.05) is 6.07 Å². The van der Waals surface area contributed by atoms with Crippen molar-refractivity contribution in [2.75, 3.05) is 0 Å². The fourth-order valence-electron chi connectivity index (χ4n) is 2.25. The lowest BCUT2D eigenvalue weighted by atomic mass is 10.1. The van der Waals surface area contributed by atoms with Gasteiger partial charge in [-0.25, -0.2) is 4.39 Å². The fourth-order valence-corrected chi connectivity index (χ4v) is 3.60. The quantitative estimate of drug-likeness (QED) is 0.813. The summed E-state index contributed by atoms with van der Waals surface area (Å²) in [4.78, 5) is 0.132. The Morgan fingerprint density at radius 1 is 1.00 bits per heavy atom. The highest BCUT2D eigenvalue weighted by Gasteiger charge is 2.22. The molecule has 0 aliphatic rings. The molecule has 2 aromatic carbocycles. The molecule has 5 heteroatoms. The Kier molecular flexibility index (Phi) is 3.81. The van der Waals surface area contributed by atoms with Crippen LogP contribution in [-0.2, 0) is 10.1 Å². The van der Waals surface area contributed by atoms with E-state index in [0.29, 0.717) is 11.1 Å². The summed E-state index contributed by atoms with van der Waals surface area (Å²) in [7, 11) is -3.97. The summed E-state index contributed by atoms with van der Waals surface area (Å²) in [5, 5.41) is 0. The average molecular weight is 294 g/mol. The molecule has 106 valence electrons. The third kappa shape index (κ3) is 2.99. The molecule has 0 N–H and O–H groups in total. The van der Waals surface area contributed by atoms with E-state index in [4.69, 9.17) is 4.18 Å². The Bertz CT molecular complexity index is 728. The number of halogens is 1. The number of aryl methyl sites for hydroxylation is 3. The third-order valence-corrected chi connectivity index (χ3v) is 4.41. The van der Waals surface area contributed by atoms with E-state index in [1.165, 1.54) is 18.2 Å². The molecule has 0 radical (unpaired) electrons. The van der Waals surface area contributed by atoms with Crippen molar-refractivity contribution in [2.45, 2.75) is 25.7 Å². The van der Waals surface area contributed by atoms with Gasteiger partial charge in [-0.1, -0.05) is 23.8 Å². The summed E-state index contributed by atoms with van der Waals surface area (Å²) in [5.41, 5.74) is 2.20. The molecule has 0 saturated heterocycles. The zero-order valence-corrected chi connectivity index (χ0v) is 12.3. The van der Waals surface area contributed by atoms with Crippen LogP contribution in [0.3, 0.4) is 0 Å². The molecule has 0 fully saturated rings. The summed E-state index contributed by atoms with van der Waals surface area (Å²) >= 11 is 0. The van der Waals surface area contributed by atoms with Crippen LogP contribution in [0.1, 0.15) is 16.7 Å². The molecule has 2 rings (SSSR count). The maximum atomic E-state index is 13.1. The Morgan fingerprint density at radius 3 is 2.15 bits per heavy atom. The van der Waals surface area contributed by atoms with Crippen LogP contribution in [0, 0.1) is 26.6 Å². The van der Waals surface area contributed by atoms with Gasteiger partial charge in [0.15, 0.2) is 0 Å². The van der Waals surface area contributed by atoms with Crippen molar-refractivity contribution in [3.63, 3.8) is 0 Å². The molecule has 0 spiro atoms. The maximum absolute atomic E-state index is 13.1. The van der Waals surface area contributed by atoms with Crippen LogP contribution in [0.2, 0.25) is 0 Å². The van der Waals surface area contributed by atoms with E-state index < -0.39 is 15.9 Å². The summed E-state index contributed by atoms with van der Waals surface area (Å²) in [6.45, 7) is 5.31. The minimum atomic E-state index is -3.97.